The normalized spacial score (nSPS) is 24.9. The van der Waals surface area contributed by atoms with Crippen molar-refractivity contribution in [2.75, 3.05) is 19.7 Å². The SMILES string of the molecule is CCCCC/C=C/C/C=C/CCCCCCCC(=O)NC1CC(O)(NC(=O)C[C@H](NC(=O)c2ccc(-c3ccc(OCCCCCCCC)cc3)cc2)C(=O)O)C(O)NC(=O)[C@@H]2[C@@H](O)C(C)CN2C(=O)[C@H]([C@H](C)O)NC(=O)[C@H](C(O)C(O)c2ccc(O)cc2)NC(=O)[C@H]2C[C@H](O)CN2C(=O)[C@@H]([C@@H](C)O)NC1=O. The maximum atomic E-state index is 15.0. The van der Waals surface area contributed by atoms with Gasteiger partial charge in [-0.25, -0.2) is 4.79 Å². The molecule has 3 saturated heterocycles. The van der Waals surface area contributed by atoms with Crippen LogP contribution in [-0.4, -0.2) is 224 Å². The zero-order valence-electron chi connectivity index (χ0n) is 61.7. The van der Waals surface area contributed by atoms with Gasteiger partial charge in [-0.1, -0.05) is 146 Å². The lowest BCUT2D eigenvalue weighted by Gasteiger charge is -2.38. The molecule has 6 rings (SSSR count). The van der Waals surface area contributed by atoms with Gasteiger partial charge in [0.1, 0.15) is 66.0 Å². The molecule has 0 radical (unpaired) electrons. The van der Waals surface area contributed by atoms with Crippen LogP contribution in [0, 0.1) is 5.92 Å². The molecule has 3 fully saturated rings. The number of hydrogen-bond acceptors (Lipinski definition) is 20. The van der Waals surface area contributed by atoms with E-state index >= 15 is 4.79 Å². The number of nitrogens with one attached hydrogen (secondary N) is 7. The highest BCUT2D eigenvalue weighted by molar-refractivity contribution is 6.00. The van der Waals surface area contributed by atoms with E-state index in [1.54, 1.807) is 12.1 Å². The van der Waals surface area contributed by atoms with Gasteiger partial charge in [0.2, 0.25) is 47.3 Å². The number of benzene rings is 3. The van der Waals surface area contributed by atoms with E-state index in [1.165, 1.54) is 38.3 Å². The van der Waals surface area contributed by atoms with E-state index in [0.29, 0.717) is 40.6 Å². The van der Waals surface area contributed by atoms with Gasteiger partial charge in [0.15, 0.2) is 12.0 Å². The molecule has 3 aromatic rings. The van der Waals surface area contributed by atoms with Crippen LogP contribution in [0.4, 0.5) is 0 Å². The topological polar surface area (TPSA) is 473 Å². The predicted octanol–water partition coefficient (Wildman–Crippen LogP) is 2.79. The second kappa shape index (κ2) is 43.2. The van der Waals surface area contributed by atoms with Crippen molar-refractivity contribution in [1.82, 2.24) is 47.0 Å². The Morgan fingerprint density at radius 3 is 1.78 bits per heavy atom. The molecule has 0 spiro atoms. The molecule has 30 nitrogen and oxygen atoms in total. The average molecular weight is 1500 g/mol. The number of amides is 9. The highest BCUT2D eigenvalue weighted by Crippen LogP contribution is 2.30. The van der Waals surface area contributed by atoms with E-state index in [2.05, 4.69) is 64.7 Å². The van der Waals surface area contributed by atoms with Crippen LogP contribution in [0.5, 0.6) is 11.5 Å². The monoisotopic (exact) mass is 1500 g/mol. The second-order valence-electron chi connectivity index (χ2n) is 28.2. The van der Waals surface area contributed by atoms with Crippen molar-refractivity contribution in [1.29, 1.82) is 0 Å². The molecule has 3 heterocycles. The first-order chi connectivity index (χ1) is 51.0. The molecule has 9 amide bonds. The molecule has 0 aliphatic carbocycles. The smallest absolute Gasteiger partial charge is 0.326 e. The fraction of sp³-hybridized carbons (Fsp3) is 0.584. The number of hydrogen-bond donors (Lipinski definition) is 17. The average Bonchev–Trinajstić information content (AvgIpc) is 1.67. The van der Waals surface area contributed by atoms with Crippen molar-refractivity contribution in [2.45, 2.75) is 260 Å². The molecule has 590 valence electrons. The van der Waals surface area contributed by atoms with Crippen LogP contribution in [0.15, 0.2) is 97.1 Å². The molecule has 0 saturated carbocycles. The number of phenolic OH excluding ortho intramolecular Hbond substituents is 1. The number of phenols is 1. The Hall–Kier alpha value is -8.88. The van der Waals surface area contributed by atoms with Crippen molar-refractivity contribution in [3.63, 3.8) is 0 Å². The summed E-state index contributed by atoms with van der Waals surface area (Å²) < 4.78 is 5.91. The summed E-state index contributed by atoms with van der Waals surface area (Å²) in [4.78, 5) is 146. The van der Waals surface area contributed by atoms with Crippen LogP contribution in [0.25, 0.3) is 11.1 Å². The third kappa shape index (κ3) is 26.2. The molecule has 6 unspecified atom stereocenters. The Balaban J connectivity index is 1.33. The number of carbonyl (C=O) groups excluding carboxylic acids is 9. The van der Waals surface area contributed by atoms with E-state index in [9.17, 15) is 94.2 Å². The van der Waals surface area contributed by atoms with Gasteiger partial charge in [-0.2, -0.15) is 0 Å². The van der Waals surface area contributed by atoms with Gasteiger partial charge in [0.25, 0.3) is 5.91 Å². The molecule has 16 atom stereocenters. The summed E-state index contributed by atoms with van der Waals surface area (Å²) in [6, 6.07) is 2.90. The number of aliphatic hydroxyl groups excluding tert-OH is 7. The standard InChI is InChI=1S/C77H111N9O21/c1-6-8-10-12-14-15-16-17-18-19-20-21-22-23-25-27-59(91)78-57-43-77(106,84-60(92)42-56(75(103)104)79-68(96)52-30-28-49(29-31-52)50-34-38-55(39-35-50)107-40-26-24-13-11-9-7-2)76(105)83-72(100)64-65(93)46(3)44-86(64)74(102)62(48(5)88)81-71(99)63(67(95)66(94)51-32-36-53(89)37-33-51)82-70(98)58-41-54(90)45-85(58)73(101)61(47(4)87)80-69(57)97/h14-15,17-18,28-39,46-48,54,56-58,61-67,76,87-90,93-95,105-106H,6-13,16,19-27,40-45H2,1-5H3,(H,78,91)(H,79,96)(H,80,97)(H,81,99)(H,82,98)(H,83,100)(H,84,92)(H,103,104)/b15-14+,18-17+/t46?,47-,48+,54+,56+,57?,58-,61-,62+,63+,64+,65+,66?,67?,76?,77?/m1/s1. The lowest BCUT2D eigenvalue weighted by molar-refractivity contribution is -0.162. The summed E-state index contributed by atoms with van der Waals surface area (Å²) in [6.07, 6.45) is 6.14. The highest BCUT2D eigenvalue weighted by Gasteiger charge is 2.52. The van der Waals surface area contributed by atoms with Crippen molar-refractivity contribution in [3.8, 4) is 22.6 Å². The summed E-state index contributed by atoms with van der Waals surface area (Å²) in [5, 5.41) is 130. The fourth-order valence-corrected chi connectivity index (χ4v) is 13.1. The van der Waals surface area contributed by atoms with E-state index in [1.807, 2.05) is 34.9 Å². The number of aromatic hydroxyl groups is 1. The van der Waals surface area contributed by atoms with Crippen LogP contribution in [0.2, 0.25) is 0 Å². The predicted molar refractivity (Wildman–Crippen MR) is 392 cm³/mol. The lowest BCUT2D eigenvalue weighted by atomic mass is 9.96. The zero-order chi connectivity index (χ0) is 78.5. The van der Waals surface area contributed by atoms with E-state index < -0.39 is 188 Å². The minimum absolute atomic E-state index is 0.0531. The number of carboxylic acid groups (broad SMARTS) is 1. The van der Waals surface area contributed by atoms with E-state index in [4.69, 9.17) is 4.74 Å². The molecule has 0 aromatic heterocycles. The molecule has 3 aromatic carbocycles. The number of aliphatic hydroxyl groups is 8. The third-order valence-electron chi connectivity index (χ3n) is 19.4. The van der Waals surface area contributed by atoms with Gasteiger partial charge in [0, 0.05) is 43.8 Å². The number of fused-ring (bicyclic) bond motifs is 2. The molecule has 3 aliphatic heterocycles. The maximum Gasteiger partial charge on any atom is 0.326 e. The van der Waals surface area contributed by atoms with Gasteiger partial charge in [-0.3, -0.25) is 43.2 Å². The Kier molecular flexibility index (Phi) is 35.1. The fourth-order valence-electron chi connectivity index (χ4n) is 13.1. The number of ether oxygens (including phenoxy) is 1. The first-order valence-corrected chi connectivity index (χ1v) is 37.4. The first kappa shape index (κ1) is 87.0. The van der Waals surface area contributed by atoms with Crippen molar-refractivity contribution >= 4 is 59.1 Å². The second-order valence-corrected chi connectivity index (χ2v) is 28.2. The number of carboxylic acids is 1. The largest absolute Gasteiger partial charge is 0.508 e. The molecule has 107 heavy (non-hydrogen) atoms. The third-order valence-corrected chi connectivity index (χ3v) is 19.4. The molecular formula is C77H111N9O21. The minimum Gasteiger partial charge on any atom is -0.508 e. The summed E-state index contributed by atoms with van der Waals surface area (Å²) in [7, 11) is 0. The van der Waals surface area contributed by atoms with Crippen LogP contribution in [0.3, 0.4) is 0 Å². The van der Waals surface area contributed by atoms with Crippen molar-refractivity contribution in [2.24, 2.45) is 5.92 Å². The van der Waals surface area contributed by atoms with Gasteiger partial charge < -0.3 is 103 Å². The van der Waals surface area contributed by atoms with Gasteiger partial charge >= 0.3 is 5.97 Å². The minimum atomic E-state index is -3.49. The Bertz CT molecular complexity index is 3470. The van der Waals surface area contributed by atoms with Gasteiger partial charge in [-0.05, 0) is 112 Å². The van der Waals surface area contributed by atoms with Crippen LogP contribution in [-0.2, 0) is 43.2 Å². The molecule has 0 bridgehead atoms. The Morgan fingerprint density at radius 1 is 0.626 bits per heavy atom. The van der Waals surface area contributed by atoms with E-state index in [-0.39, 0.29) is 29.7 Å². The van der Waals surface area contributed by atoms with Crippen LogP contribution < -0.4 is 42.0 Å². The molecule has 3 aliphatic rings. The first-order valence-electron chi connectivity index (χ1n) is 37.4. The van der Waals surface area contributed by atoms with Crippen molar-refractivity contribution in [3.05, 3.63) is 108 Å². The number of unbranched alkanes of at least 4 members (excludes halogenated alkanes) is 13. The van der Waals surface area contributed by atoms with Crippen LogP contribution >= 0.6 is 0 Å². The maximum absolute atomic E-state index is 15.0. The summed E-state index contributed by atoms with van der Waals surface area (Å²) in [5.41, 5.74) is -2.23. The van der Waals surface area contributed by atoms with Crippen LogP contribution in [0.1, 0.15) is 191 Å². The highest BCUT2D eigenvalue weighted by atomic mass is 16.5. The molecule has 17 N–H and O–H groups in total. The summed E-state index contributed by atoms with van der Waals surface area (Å²) >= 11 is 0. The summed E-state index contributed by atoms with van der Waals surface area (Å²) in [6.45, 7) is 7.08. The van der Waals surface area contributed by atoms with Crippen molar-refractivity contribution < 1.29 is 104 Å². The quantitative estimate of drug-likeness (QED) is 0.0229. The van der Waals surface area contributed by atoms with E-state index in [0.717, 1.165) is 114 Å². The number of nitrogens with zero attached hydrogens (tertiary/aromatic N) is 2. The van der Waals surface area contributed by atoms with Gasteiger partial charge in [-0.15, -0.1) is 0 Å². The number of allylic oxidation sites excluding steroid dienone is 4. The number of rotatable bonds is 35. The summed E-state index contributed by atoms with van der Waals surface area (Å²) in [5.74, 6) is -14.2. The number of aliphatic carboxylic acids is 1. The zero-order valence-corrected chi connectivity index (χ0v) is 61.7. The number of carbonyl (C=O) groups is 10. The Morgan fingerprint density at radius 2 is 1.17 bits per heavy atom. The molecular weight excluding hydrogens is 1390 g/mol. The lowest BCUT2D eigenvalue weighted by Crippen LogP contribution is -2.68. The Labute approximate surface area is 624 Å². The van der Waals surface area contributed by atoms with Gasteiger partial charge in [0.05, 0.1) is 37.4 Å². The molecule has 30 heteroatoms.